The molecule has 0 saturated carbocycles. The van der Waals surface area contributed by atoms with Crippen LogP contribution >= 0.6 is 0 Å². The van der Waals surface area contributed by atoms with E-state index in [2.05, 4.69) is 42.5 Å². The molecule has 0 aromatic heterocycles. The molecule has 0 spiro atoms. The van der Waals surface area contributed by atoms with E-state index in [1.807, 2.05) is 6.07 Å². The van der Waals surface area contributed by atoms with Gasteiger partial charge < -0.3 is 5.11 Å². The number of aromatic carboxylic acids is 1. The molecule has 0 radical (unpaired) electrons. The zero-order valence-electron chi connectivity index (χ0n) is 10.4. The summed E-state index contributed by atoms with van der Waals surface area (Å²) in [6, 6.07) is 25.0. The van der Waals surface area contributed by atoms with Gasteiger partial charge in [-0.15, -0.1) is 0 Å². The lowest BCUT2D eigenvalue weighted by atomic mass is 10.2. The Bertz CT molecular complexity index is 589. The third kappa shape index (κ3) is 3.68. The molecular weight excluding hydrogens is 236 g/mol. The SMILES string of the molecule is O=C(O)c1ccccc1.c1ccc2cccc-2cc1. The maximum Gasteiger partial charge on any atom is 0.335 e. The maximum atomic E-state index is 10.2. The summed E-state index contributed by atoms with van der Waals surface area (Å²) in [5.74, 6) is -0.879. The van der Waals surface area contributed by atoms with Crippen molar-refractivity contribution in [2.24, 2.45) is 0 Å². The third-order valence-corrected chi connectivity index (χ3v) is 2.68. The molecular formula is C17H14O2. The summed E-state index contributed by atoms with van der Waals surface area (Å²) >= 11 is 0. The van der Waals surface area contributed by atoms with E-state index < -0.39 is 5.97 Å². The molecule has 1 aromatic rings. The van der Waals surface area contributed by atoms with Gasteiger partial charge in [0.2, 0.25) is 0 Å². The van der Waals surface area contributed by atoms with Crippen LogP contribution in [-0.2, 0) is 0 Å². The van der Waals surface area contributed by atoms with Crippen molar-refractivity contribution in [2.75, 3.05) is 0 Å². The van der Waals surface area contributed by atoms with E-state index in [1.54, 1.807) is 30.3 Å². The number of hydrogen-bond donors (Lipinski definition) is 1. The molecule has 1 aromatic carbocycles. The van der Waals surface area contributed by atoms with Crippen molar-refractivity contribution < 1.29 is 9.90 Å². The second kappa shape index (κ2) is 6.36. The smallest absolute Gasteiger partial charge is 0.335 e. The predicted octanol–water partition coefficient (Wildman–Crippen LogP) is 4.18. The second-order valence-corrected chi connectivity index (χ2v) is 4.02. The first-order valence-electron chi connectivity index (χ1n) is 5.99. The highest BCUT2D eigenvalue weighted by atomic mass is 16.4. The molecule has 0 amide bonds. The van der Waals surface area contributed by atoms with Gasteiger partial charge in [-0.25, -0.2) is 4.79 Å². The van der Waals surface area contributed by atoms with Gasteiger partial charge in [-0.3, -0.25) is 0 Å². The van der Waals surface area contributed by atoms with Gasteiger partial charge in [-0.1, -0.05) is 66.7 Å². The maximum absolute atomic E-state index is 10.2. The van der Waals surface area contributed by atoms with E-state index >= 15 is 0 Å². The fourth-order valence-electron chi connectivity index (χ4n) is 1.71. The first-order chi connectivity index (χ1) is 9.27. The highest BCUT2D eigenvalue weighted by Crippen LogP contribution is 2.19. The van der Waals surface area contributed by atoms with Crippen LogP contribution in [0.15, 0.2) is 78.9 Å². The Morgan fingerprint density at radius 3 is 1.47 bits per heavy atom. The van der Waals surface area contributed by atoms with E-state index in [-0.39, 0.29) is 0 Å². The monoisotopic (exact) mass is 250 g/mol. The number of hydrogen-bond acceptors (Lipinski definition) is 1. The molecule has 2 aliphatic rings. The molecule has 1 N–H and O–H groups in total. The van der Waals surface area contributed by atoms with E-state index in [4.69, 9.17) is 5.11 Å². The summed E-state index contributed by atoms with van der Waals surface area (Å²) in [5.41, 5.74) is 2.95. The Balaban J connectivity index is 0.000000141. The Labute approximate surface area is 112 Å². The van der Waals surface area contributed by atoms with E-state index in [0.29, 0.717) is 5.56 Å². The van der Waals surface area contributed by atoms with Crippen LogP contribution in [0.3, 0.4) is 0 Å². The highest BCUT2D eigenvalue weighted by Gasteiger charge is 1.96. The normalized spacial score (nSPS) is 9.47. The van der Waals surface area contributed by atoms with Crippen molar-refractivity contribution in [3.8, 4) is 11.1 Å². The number of carboxylic acids is 1. The van der Waals surface area contributed by atoms with Gasteiger partial charge in [-0.05, 0) is 23.3 Å². The lowest BCUT2D eigenvalue weighted by Crippen LogP contribution is -1.93. The van der Waals surface area contributed by atoms with Crippen molar-refractivity contribution in [1.82, 2.24) is 0 Å². The molecule has 19 heavy (non-hydrogen) atoms. The molecule has 2 aliphatic carbocycles. The summed E-state index contributed by atoms with van der Waals surface area (Å²) in [6.45, 7) is 0. The molecule has 0 unspecified atom stereocenters. The van der Waals surface area contributed by atoms with Crippen molar-refractivity contribution >= 4 is 5.97 Å². The topological polar surface area (TPSA) is 37.3 Å². The van der Waals surface area contributed by atoms with Crippen LogP contribution in [0.5, 0.6) is 0 Å². The summed E-state index contributed by atoms with van der Waals surface area (Å²) < 4.78 is 0. The first-order valence-corrected chi connectivity index (χ1v) is 5.99. The van der Waals surface area contributed by atoms with Crippen molar-refractivity contribution in [3.05, 3.63) is 84.4 Å². The van der Waals surface area contributed by atoms with Crippen LogP contribution in [-0.4, -0.2) is 11.1 Å². The summed E-state index contributed by atoms with van der Waals surface area (Å²) in [5, 5.41) is 8.38. The van der Waals surface area contributed by atoms with Crippen LogP contribution in [0.2, 0.25) is 0 Å². The standard InChI is InChI=1S/C10H8.C7H6O2/c1-2-5-9-7-4-8-10(9)6-3-1;8-7(9)6-4-2-1-3-5-6/h1-8H;1-5H,(H,8,9). The van der Waals surface area contributed by atoms with Gasteiger partial charge in [0.05, 0.1) is 5.56 Å². The molecule has 0 heterocycles. The summed E-state index contributed by atoms with van der Waals surface area (Å²) in [7, 11) is 0. The molecule has 94 valence electrons. The highest BCUT2D eigenvalue weighted by molar-refractivity contribution is 5.87. The predicted molar refractivity (Wildman–Crippen MR) is 76.5 cm³/mol. The quantitative estimate of drug-likeness (QED) is 0.703. The van der Waals surface area contributed by atoms with Gasteiger partial charge in [0.1, 0.15) is 0 Å². The van der Waals surface area contributed by atoms with Crippen molar-refractivity contribution in [2.45, 2.75) is 0 Å². The summed E-state index contributed by atoms with van der Waals surface area (Å²) in [4.78, 5) is 10.2. The van der Waals surface area contributed by atoms with Crippen LogP contribution in [0, 0.1) is 0 Å². The Morgan fingerprint density at radius 2 is 1.05 bits per heavy atom. The molecule has 2 nitrogen and oxygen atoms in total. The average Bonchev–Trinajstić information content (AvgIpc) is 2.77. The van der Waals surface area contributed by atoms with Gasteiger partial charge in [0.25, 0.3) is 0 Å². The number of carboxylic acid groups (broad SMARTS) is 1. The minimum atomic E-state index is -0.879. The lowest BCUT2D eigenvalue weighted by molar-refractivity contribution is 0.0697. The van der Waals surface area contributed by atoms with Crippen LogP contribution in [0.25, 0.3) is 11.1 Å². The zero-order chi connectivity index (χ0) is 13.5. The van der Waals surface area contributed by atoms with E-state index in [1.165, 1.54) is 11.1 Å². The van der Waals surface area contributed by atoms with Crippen LogP contribution < -0.4 is 0 Å². The fraction of sp³-hybridized carbons (Fsp3) is 0. The Morgan fingerprint density at radius 1 is 0.632 bits per heavy atom. The van der Waals surface area contributed by atoms with Crippen LogP contribution in [0.1, 0.15) is 10.4 Å². The van der Waals surface area contributed by atoms with E-state index in [0.717, 1.165) is 0 Å². The Hall–Kier alpha value is -2.61. The minimum Gasteiger partial charge on any atom is -0.478 e. The minimum absolute atomic E-state index is 0.331. The number of fused-ring (bicyclic) bond motifs is 1. The number of benzene rings is 1. The van der Waals surface area contributed by atoms with Gasteiger partial charge in [-0.2, -0.15) is 0 Å². The van der Waals surface area contributed by atoms with Crippen molar-refractivity contribution in [3.63, 3.8) is 0 Å². The first kappa shape index (κ1) is 12.8. The van der Waals surface area contributed by atoms with Crippen molar-refractivity contribution in [1.29, 1.82) is 0 Å². The third-order valence-electron chi connectivity index (χ3n) is 2.68. The summed E-state index contributed by atoms with van der Waals surface area (Å²) in [6.07, 6.45) is 0. The average molecular weight is 250 g/mol. The number of rotatable bonds is 1. The van der Waals surface area contributed by atoms with Gasteiger partial charge in [0, 0.05) is 0 Å². The van der Waals surface area contributed by atoms with Crippen LogP contribution in [0.4, 0.5) is 0 Å². The largest absolute Gasteiger partial charge is 0.478 e. The van der Waals surface area contributed by atoms with E-state index in [9.17, 15) is 4.79 Å². The number of carbonyl (C=O) groups is 1. The second-order valence-electron chi connectivity index (χ2n) is 4.02. The molecule has 0 atom stereocenters. The molecule has 2 heteroatoms. The van der Waals surface area contributed by atoms with Gasteiger partial charge >= 0.3 is 5.97 Å². The molecule has 3 rings (SSSR count). The molecule has 0 saturated heterocycles. The molecule has 0 bridgehead atoms. The Kier molecular flexibility index (Phi) is 4.29. The zero-order valence-corrected chi connectivity index (χ0v) is 10.4. The fourth-order valence-corrected chi connectivity index (χ4v) is 1.71. The molecule has 0 fully saturated rings. The van der Waals surface area contributed by atoms with Gasteiger partial charge in [0.15, 0.2) is 0 Å². The lowest BCUT2D eigenvalue weighted by Gasteiger charge is -1.88. The molecule has 0 aliphatic heterocycles.